The Bertz CT molecular complexity index is 177. The molecule has 0 aromatic rings. The fourth-order valence-electron chi connectivity index (χ4n) is 1.60. The Morgan fingerprint density at radius 1 is 1.25 bits per heavy atom. The first-order valence-electron chi connectivity index (χ1n) is 4.18. The van der Waals surface area contributed by atoms with Crippen molar-refractivity contribution in [3.63, 3.8) is 0 Å². The molecule has 0 bridgehead atoms. The van der Waals surface area contributed by atoms with E-state index in [0.717, 1.165) is 19.3 Å². The molecule has 0 atom stereocenters. The van der Waals surface area contributed by atoms with E-state index in [9.17, 15) is 8.78 Å². The first-order valence-corrected chi connectivity index (χ1v) is 4.18. The fourth-order valence-corrected chi connectivity index (χ4v) is 1.60. The summed E-state index contributed by atoms with van der Waals surface area (Å²) >= 11 is 0. The van der Waals surface area contributed by atoms with E-state index >= 15 is 0 Å². The average molecular weight is 174 g/mol. The van der Waals surface area contributed by atoms with Crippen LogP contribution in [0, 0.1) is 18.4 Å². The smallest absolute Gasteiger partial charge is 0.379 e. The quantitative estimate of drug-likeness (QED) is 0.585. The molecule has 0 saturated heterocycles. The summed E-state index contributed by atoms with van der Waals surface area (Å²) in [5, 5.41) is 0. The van der Waals surface area contributed by atoms with Crippen LogP contribution in [0.1, 0.15) is 32.1 Å². The van der Waals surface area contributed by atoms with Crippen molar-refractivity contribution in [2.45, 2.75) is 38.2 Å². The fraction of sp³-hybridized carbons (Fsp3) is 0.778. The van der Waals surface area contributed by atoms with Crippen LogP contribution in [0.5, 0.6) is 0 Å². The molecule has 0 amide bonds. The lowest BCUT2D eigenvalue weighted by atomic mass is 9.88. The van der Waals surface area contributed by atoms with Crippen molar-refractivity contribution in [1.82, 2.24) is 0 Å². The highest BCUT2D eigenvalue weighted by molar-refractivity contribution is 4.79. The molecule has 1 aliphatic carbocycles. The molecule has 0 spiro atoms. The van der Waals surface area contributed by atoms with Gasteiger partial charge in [-0.25, -0.2) is 0 Å². The minimum Gasteiger partial charge on any atom is -0.379 e. The van der Waals surface area contributed by atoms with Gasteiger partial charge in [0.05, 0.1) is 5.92 Å². The average Bonchev–Trinajstić information content (AvgIpc) is 2.06. The number of hydrogen-bond acceptors (Lipinski definition) is 1. The maximum Gasteiger partial charge on any atom is 0.408 e. The molecule has 0 N–H and O–H groups in total. The predicted octanol–water partition coefficient (Wildman–Crippen LogP) is 2.77. The first-order chi connectivity index (χ1) is 5.67. The molecule has 12 heavy (non-hydrogen) atoms. The second kappa shape index (κ2) is 3.75. The molecule has 0 aromatic carbocycles. The Morgan fingerprint density at radius 2 is 1.83 bits per heavy atom. The van der Waals surface area contributed by atoms with Gasteiger partial charge in [0.15, 0.2) is 0 Å². The number of halogens is 2. The normalized spacial score (nSPS) is 20.1. The Balaban J connectivity index is 2.48. The van der Waals surface area contributed by atoms with Crippen LogP contribution in [-0.4, -0.2) is 6.11 Å². The lowest BCUT2D eigenvalue weighted by Crippen LogP contribution is -2.31. The third kappa shape index (κ3) is 2.10. The Hall–Kier alpha value is -0.780. The van der Waals surface area contributed by atoms with Gasteiger partial charge in [0, 0.05) is 0 Å². The van der Waals surface area contributed by atoms with E-state index in [2.05, 4.69) is 11.2 Å². The molecular weight excluding hydrogens is 162 g/mol. The van der Waals surface area contributed by atoms with Gasteiger partial charge in [-0.2, -0.15) is 8.78 Å². The zero-order chi connectivity index (χ0) is 9.03. The van der Waals surface area contributed by atoms with Gasteiger partial charge in [0.2, 0.25) is 0 Å². The van der Waals surface area contributed by atoms with Crippen molar-refractivity contribution in [2.24, 2.45) is 5.92 Å². The number of terminal acetylenes is 1. The van der Waals surface area contributed by atoms with Gasteiger partial charge < -0.3 is 4.74 Å². The van der Waals surface area contributed by atoms with Crippen molar-refractivity contribution in [1.29, 1.82) is 0 Å². The Morgan fingerprint density at radius 3 is 2.33 bits per heavy atom. The molecule has 0 heterocycles. The SMILES string of the molecule is C#COC(F)(F)C1CCCCC1. The second-order valence-electron chi connectivity index (χ2n) is 3.12. The summed E-state index contributed by atoms with van der Waals surface area (Å²) in [6.07, 6.45) is 6.91. The summed E-state index contributed by atoms with van der Waals surface area (Å²) in [5.74, 6) is -0.678. The Labute approximate surface area is 71.1 Å². The highest BCUT2D eigenvalue weighted by Crippen LogP contribution is 2.36. The van der Waals surface area contributed by atoms with Gasteiger partial charge in [-0.05, 0) is 12.8 Å². The van der Waals surface area contributed by atoms with E-state index in [4.69, 9.17) is 0 Å². The van der Waals surface area contributed by atoms with Crippen molar-refractivity contribution >= 4 is 0 Å². The number of alkyl halides is 2. The molecular formula is C9H12F2O. The van der Waals surface area contributed by atoms with Crippen molar-refractivity contribution < 1.29 is 13.5 Å². The minimum absolute atomic E-state index is 0.523. The molecule has 1 nitrogen and oxygen atoms in total. The summed E-state index contributed by atoms with van der Waals surface area (Å²) in [7, 11) is 0. The molecule has 1 aliphatic rings. The molecule has 0 aromatic heterocycles. The molecule has 3 heteroatoms. The Kier molecular flexibility index (Phi) is 2.91. The third-order valence-corrected chi connectivity index (χ3v) is 2.28. The van der Waals surface area contributed by atoms with Crippen molar-refractivity contribution in [2.75, 3.05) is 0 Å². The van der Waals surface area contributed by atoms with Crippen LogP contribution < -0.4 is 0 Å². The minimum atomic E-state index is -3.12. The van der Waals surface area contributed by atoms with E-state index in [1.807, 2.05) is 0 Å². The van der Waals surface area contributed by atoms with E-state index < -0.39 is 12.0 Å². The molecule has 0 radical (unpaired) electrons. The largest absolute Gasteiger partial charge is 0.408 e. The molecule has 0 aliphatic heterocycles. The molecule has 68 valence electrons. The maximum absolute atomic E-state index is 12.9. The highest BCUT2D eigenvalue weighted by atomic mass is 19.3. The number of ether oxygens (including phenoxy) is 1. The van der Waals surface area contributed by atoms with Gasteiger partial charge in [-0.15, -0.1) is 0 Å². The van der Waals surface area contributed by atoms with E-state index in [-0.39, 0.29) is 0 Å². The molecule has 1 saturated carbocycles. The van der Waals surface area contributed by atoms with Gasteiger partial charge in [-0.3, -0.25) is 0 Å². The van der Waals surface area contributed by atoms with E-state index in [1.54, 1.807) is 6.11 Å². The maximum atomic E-state index is 12.9. The van der Waals surface area contributed by atoms with Crippen molar-refractivity contribution in [3.05, 3.63) is 0 Å². The molecule has 0 unspecified atom stereocenters. The standard InChI is InChI=1S/C9H12F2O/c1-2-12-9(10,11)8-6-4-3-5-7-8/h1,8H,3-7H2. The zero-order valence-electron chi connectivity index (χ0n) is 6.85. The lowest BCUT2D eigenvalue weighted by molar-refractivity contribution is -0.239. The topological polar surface area (TPSA) is 9.23 Å². The second-order valence-corrected chi connectivity index (χ2v) is 3.12. The predicted molar refractivity (Wildman–Crippen MR) is 41.4 cm³/mol. The summed E-state index contributed by atoms with van der Waals surface area (Å²) in [4.78, 5) is 0. The van der Waals surface area contributed by atoms with Crippen LogP contribution in [0.4, 0.5) is 8.78 Å². The van der Waals surface area contributed by atoms with Crippen LogP contribution >= 0.6 is 0 Å². The number of rotatable bonds is 2. The lowest BCUT2D eigenvalue weighted by Gasteiger charge is -2.27. The summed E-state index contributed by atoms with van der Waals surface area (Å²) in [6, 6.07) is 0. The third-order valence-electron chi connectivity index (χ3n) is 2.28. The van der Waals surface area contributed by atoms with Crippen LogP contribution in [0.15, 0.2) is 0 Å². The molecule has 1 fully saturated rings. The first kappa shape index (κ1) is 9.31. The van der Waals surface area contributed by atoms with Crippen LogP contribution in [0.3, 0.4) is 0 Å². The zero-order valence-corrected chi connectivity index (χ0v) is 6.85. The monoisotopic (exact) mass is 174 g/mol. The van der Waals surface area contributed by atoms with Crippen LogP contribution in [-0.2, 0) is 4.74 Å². The summed E-state index contributed by atoms with van der Waals surface area (Å²) in [5.41, 5.74) is 0. The summed E-state index contributed by atoms with van der Waals surface area (Å²) < 4.78 is 29.9. The van der Waals surface area contributed by atoms with Crippen molar-refractivity contribution in [3.8, 4) is 12.5 Å². The van der Waals surface area contributed by atoms with Gasteiger partial charge in [0.25, 0.3) is 0 Å². The summed E-state index contributed by atoms with van der Waals surface area (Å²) in [6.45, 7) is 0. The van der Waals surface area contributed by atoms with Crippen LogP contribution in [0.2, 0.25) is 0 Å². The van der Waals surface area contributed by atoms with Gasteiger partial charge in [0.1, 0.15) is 6.11 Å². The number of hydrogen-bond donors (Lipinski definition) is 0. The van der Waals surface area contributed by atoms with E-state index in [1.165, 1.54) is 0 Å². The van der Waals surface area contributed by atoms with Crippen LogP contribution in [0.25, 0.3) is 0 Å². The highest BCUT2D eigenvalue weighted by Gasteiger charge is 2.41. The van der Waals surface area contributed by atoms with Gasteiger partial charge in [-0.1, -0.05) is 25.7 Å². The van der Waals surface area contributed by atoms with Gasteiger partial charge >= 0.3 is 6.11 Å². The van der Waals surface area contributed by atoms with E-state index in [0.29, 0.717) is 12.8 Å². The molecule has 1 rings (SSSR count).